The zero-order chi connectivity index (χ0) is 11.2. The highest BCUT2D eigenvalue weighted by Gasteiger charge is 2.12. The Morgan fingerprint density at radius 2 is 1.57 bits per heavy atom. The fourth-order valence-electron chi connectivity index (χ4n) is 0.950. The van der Waals surface area contributed by atoms with E-state index in [0.29, 0.717) is 0 Å². The van der Waals surface area contributed by atoms with E-state index >= 15 is 0 Å². The Labute approximate surface area is 89.5 Å². The van der Waals surface area contributed by atoms with Crippen molar-refractivity contribution in [1.29, 1.82) is 0 Å². The van der Waals surface area contributed by atoms with E-state index in [1.165, 1.54) is 5.56 Å². The third-order valence-corrected chi connectivity index (χ3v) is 1.96. The van der Waals surface area contributed by atoms with Gasteiger partial charge in [0.15, 0.2) is 0 Å². The number of carbonyl (C=O) groups is 1. The Kier molecular flexibility index (Phi) is 5.24. The van der Waals surface area contributed by atoms with Gasteiger partial charge in [-0.1, -0.05) is 44.5 Å². The van der Waals surface area contributed by atoms with Gasteiger partial charge in [-0.2, -0.15) is 0 Å². The zero-order valence-electron chi connectivity index (χ0n) is 8.62. The third-order valence-electron chi connectivity index (χ3n) is 1.71. The Morgan fingerprint density at radius 1 is 1.21 bits per heavy atom. The Hall–Kier alpha value is -1.02. The molecule has 0 bridgehead atoms. The van der Waals surface area contributed by atoms with Crippen LogP contribution in [0.25, 0.3) is 0 Å². The molecule has 1 rings (SSSR count). The first-order chi connectivity index (χ1) is 6.41. The summed E-state index contributed by atoms with van der Waals surface area (Å²) in [5.41, 5.74) is 1.55. The van der Waals surface area contributed by atoms with Crippen LogP contribution in [0.1, 0.15) is 26.3 Å². The van der Waals surface area contributed by atoms with Crippen molar-refractivity contribution in [2.75, 3.05) is 0 Å². The van der Waals surface area contributed by atoms with E-state index in [4.69, 9.17) is 21.5 Å². The molecule has 3 heteroatoms. The van der Waals surface area contributed by atoms with Gasteiger partial charge in [-0.25, -0.2) is 0 Å². The Balaban J connectivity index is 0.000000500. The molecule has 0 saturated carbocycles. The average Bonchev–Trinajstić information content (AvgIpc) is 2.04. The SMILES string of the molecule is CC(C)(C)c1ccc(Cl)cc1.O=CO. The fourth-order valence-corrected chi connectivity index (χ4v) is 1.08. The van der Waals surface area contributed by atoms with Crippen molar-refractivity contribution in [3.63, 3.8) is 0 Å². The highest BCUT2D eigenvalue weighted by Crippen LogP contribution is 2.23. The summed E-state index contributed by atoms with van der Waals surface area (Å²) in [7, 11) is 0. The normalized spacial score (nSPS) is 10.0. The minimum absolute atomic E-state index is 0.227. The molecule has 1 aromatic rings. The summed E-state index contributed by atoms with van der Waals surface area (Å²) in [6.45, 7) is 6.32. The fraction of sp³-hybridized carbons (Fsp3) is 0.364. The molecular weight excluding hydrogens is 200 g/mol. The molecule has 1 aromatic carbocycles. The van der Waals surface area contributed by atoms with E-state index in [0.717, 1.165) is 5.02 Å². The maximum Gasteiger partial charge on any atom is 0.290 e. The molecule has 0 atom stereocenters. The minimum atomic E-state index is -0.250. The van der Waals surface area contributed by atoms with Crippen LogP contribution in [0, 0.1) is 0 Å². The summed E-state index contributed by atoms with van der Waals surface area (Å²) in [5.74, 6) is 0. The molecule has 0 aliphatic heterocycles. The van der Waals surface area contributed by atoms with Crippen LogP contribution in [0.5, 0.6) is 0 Å². The van der Waals surface area contributed by atoms with Gasteiger partial charge in [0, 0.05) is 5.02 Å². The minimum Gasteiger partial charge on any atom is -0.483 e. The van der Waals surface area contributed by atoms with E-state index in [-0.39, 0.29) is 11.9 Å². The van der Waals surface area contributed by atoms with Crippen molar-refractivity contribution in [2.24, 2.45) is 0 Å². The molecule has 0 spiro atoms. The predicted molar refractivity (Wildman–Crippen MR) is 58.8 cm³/mol. The number of hydrogen-bond donors (Lipinski definition) is 1. The molecule has 0 amide bonds. The van der Waals surface area contributed by atoms with Gasteiger partial charge in [-0.05, 0) is 23.1 Å². The molecular formula is C11H15ClO2. The summed E-state index contributed by atoms with van der Waals surface area (Å²) >= 11 is 5.76. The molecule has 0 saturated heterocycles. The van der Waals surface area contributed by atoms with Crippen molar-refractivity contribution in [3.8, 4) is 0 Å². The van der Waals surface area contributed by atoms with Crippen molar-refractivity contribution in [1.82, 2.24) is 0 Å². The number of rotatable bonds is 0. The van der Waals surface area contributed by atoms with Crippen molar-refractivity contribution < 1.29 is 9.90 Å². The molecule has 78 valence electrons. The lowest BCUT2D eigenvalue weighted by atomic mass is 9.87. The molecule has 0 aromatic heterocycles. The molecule has 0 fully saturated rings. The van der Waals surface area contributed by atoms with Gasteiger partial charge < -0.3 is 5.11 Å². The van der Waals surface area contributed by atoms with Crippen molar-refractivity contribution >= 4 is 18.1 Å². The topological polar surface area (TPSA) is 37.3 Å². The van der Waals surface area contributed by atoms with Crippen molar-refractivity contribution in [3.05, 3.63) is 34.9 Å². The number of carboxylic acid groups (broad SMARTS) is 1. The van der Waals surface area contributed by atoms with E-state index in [1.54, 1.807) is 0 Å². The molecule has 2 nitrogen and oxygen atoms in total. The number of halogens is 1. The van der Waals surface area contributed by atoms with E-state index < -0.39 is 0 Å². The van der Waals surface area contributed by atoms with Crippen LogP contribution < -0.4 is 0 Å². The monoisotopic (exact) mass is 214 g/mol. The van der Waals surface area contributed by atoms with Crippen LogP contribution in [0.3, 0.4) is 0 Å². The molecule has 0 aliphatic carbocycles. The van der Waals surface area contributed by atoms with E-state index in [1.807, 2.05) is 12.1 Å². The zero-order valence-corrected chi connectivity index (χ0v) is 9.38. The maximum absolute atomic E-state index is 8.36. The number of hydrogen-bond acceptors (Lipinski definition) is 1. The maximum atomic E-state index is 8.36. The van der Waals surface area contributed by atoms with Crippen LogP contribution in [0.15, 0.2) is 24.3 Å². The molecule has 1 N–H and O–H groups in total. The predicted octanol–water partition coefficient (Wildman–Crippen LogP) is 3.34. The van der Waals surface area contributed by atoms with Crippen LogP contribution >= 0.6 is 11.6 Å². The standard InChI is InChI=1S/C10H13Cl.CH2O2/c1-10(2,3)8-4-6-9(11)7-5-8;2-1-3/h4-7H,1-3H3;1H,(H,2,3). The first-order valence-electron chi connectivity index (χ1n) is 4.25. The highest BCUT2D eigenvalue weighted by molar-refractivity contribution is 6.30. The lowest BCUT2D eigenvalue weighted by molar-refractivity contribution is -0.122. The first-order valence-corrected chi connectivity index (χ1v) is 4.63. The van der Waals surface area contributed by atoms with Gasteiger partial charge in [0.05, 0.1) is 0 Å². The van der Waals surface area contributed by atoms with Gasteiger partial charge in [0.25, 0.3) is 6.47 Å². The van der Waals surface area contributed by atoms with Crippen molar-refractivity contribution in [2.45, 2.75) is 26.2 Å². The molecule has 0 unspecified atom stereocenters. The summed E-state index contributed by atoms with van der Waals surface area (Å²) in [5, 5.41) is 7.69. The summed E-state index contributed by atoms with van der Waals surface area (Å²) in [6.07, 6.45) is 0. The average molecular weight is 215 g/mol. The van der Waals surface area contributed by atoms with Crippen LogP contribution in [-0.2, 0) is 10.2 Å². The van der Waals surface area contributed by atoms with Gasteiger partial charge in [0.1, 0.15) is 0 Å². The number of benzene rings is 1. The van der Waals surface area contributed by atoms with Gasteiger partial charge in [-0.15, -0.1) is 0 Å². The quantitative estimate of drug-likeness (QED) is 0.673. The van der Waals surface area contributed by atoms with Gasteiger partial charge in [0.2, 0.25) is 0 Å². The summed E-state index contributed by atoms with van der Waals surface area (Å²) in [6, 6.07) is 8.01. The second-order valence-corrected chi connectivity index (χ2v) is 4.30. The molecule has 0 radical (unpaired) electrons. The molecule has 0 aliphatic rings. The lowest BCUT2D eigenvalue weighted by Gasteiger charge is -2.18. The van der Waals surface area contributed by atoms with Gasteiger partial charge >= 0.3 is 0 Å². The summed E-state index contributed by atoms with van der Waals surface area (Å²) < 4.78 is 0. The molecule has 0 heterocycles. The smallest absolute Gasteiger partial charge is 0.290 e. The largest absolute Gasteiger partial charge is 0.483 e. The third kappa shape index (κ3) is 4.87. The van der Waals surface area contributed by atoms with Gasteiger partial charge in [-0.3, -0.25) is 4.79 Å². The highest BCUT2D eigenvalue weighted by atomic mass is 35.5. The van der Waals surface area contributed by atoms with E-state index in [9.17, 15) is 0 Å². The van der Waals surface area contributed by atoms with E-state index in [2.05, 4.69) is 32.9 Å². The summed E-state index contributed by atoms with van der Waals surface area (Å²) in [4.78, 5) is 8.36. The molecule has 14 heavy (non-hydrogen) atoms. The van der Waals surface area contributed by atoms with Crippen LogP contribution in [0.4, 0.5) is 0 Å². The van der Waals surface area contributed by atoms with Crippen LogP contribution in [-0.4, -0.2) is 11.6 Å². The second kappa shape index (κ2) is 5.66. The Bertz CT molecular complexity index is 272. The lowest BCUT2D eigenvalue weighted by Crippen LogP contribution is -2.10. The second-order valence-electron chi connectivity index (χ2n) is 3.86. The van der Waals surface area contributed by atoms with Crippen LogP contribution in [0.2, 0.25) is 5.02 Å². The Morgan fingerprint density at radius 3 is 1.86 bits per heavy atom. The first kappa shape index (κ1) is 13.0.